The van der Waals surface area contributed by atoms with E-state index in [-0.39, 0.29) is 22.5 Å². The van der Waals surface area contributed by atoms with E-state index in [1.165, 1.54) is 28.2 Å². The van der Waals surface area contributed by atoms with Crippen molar-refractivity contribution in [2.45, 2.75) is 23.8 Å². The van der Waals surface area contributed by atoms with Crippen molar-refractivity contribution in [1.29, 1.82) is 0 Å². The number of pyridine rings is 1. The molecule has 4 heterocycles. The lowest BCUT2D eigenvalue weighted by atomic mass is 9.95. The fourth-order valence-electron chi connectivity index (χ4n) is 3.31. The third kappa shape index (κ3) is 4.21. The quantitative estimate of drug-likeness (QED) is 0.661. The molecule has 1 atom stereocenters. The molecule has 1 fully saturated rings. The van der Waals surface area contributed by atoms with Crippen LogP contribution in [0.5, 0.6) is 0 Å². The van der Waals surface area contributed by atoms with Crippen molar-refractivity contribution in [2.24, 2.45) is 7.05 Å². The van der Waals surface area contributed by atoms with Gasteiger partial charge >= 0.3 is 0 Å². The molecule has 0 aromatic carbocycles. The van der Waals surface area contributed by atoms with Crippen molar-refractivity contribution in [3.05, 3.63) is 53.7 Å². The Hall–Kier alpha value is -2.63. The second-order valence-corrected chi connectivity index (χ2v) is 9.60. The maximum Gasteiger partial charge on any atom is 0.276 e. The maximum atomic E-state index is 12.9. The van der Waals surface area contributed by atoms with Crippen LogP contribution < -0.4 is 5.32 Å². The van der Waals surface area contributed by atoms with Gasteiger partial charge in [0.15, 0.2) is 10.2 Å². The van der Waals surface area contributed by atoms with Gasteiger partial charge in [-0.2, -0.15) is 4.31 Å². The highest BCUT2D eigenvalue weighted by Crippen LogP contribution is 2.29. The van der Waals surface area contributed by atoms with E-state index in [0.29, 0.717) is 30.3 Å². The monoisotopic (exact) mass is 432 g/mol. The number of sulfonamides is 1. The fourth-order valence-corrected chi connectivity index (χ4v) is 5.32. The molecule has 0 aliphatic carbocycles. The van der Waals surface area contributed by atoms with Crippen LogP contribution in [0.15, 0.2) is 47.3 Å². The number of carbonyl (C=O) groups is 1. The minimum absolute atomic E-state index is 0.0465. The number of nitrogens with zero attached hydrogens (tertiary/aromatic N) is 5. The highest BCUT2D eigenvalue weighted by atomic mass is 32.2. The van der Waals surface area contributed by atoms with Crippen LogP contribution in [0.4, 0.5) is 5.13 Å². The van der Waals surface area contributed by atoms with E-state index in [0.717, 1.165) is 6.42 Å². The predicted octanol–water partition coefficient (Wildman–Crippen LogP) is 2.09. The van der Waals surface area contributed by atoms with Crippen molar-refractivity contribution in [1.82, 2.24) is 23.8 Å². The lowest BCUT2D eigenvalue weighted by Crippen LogP contribution is -2.39. The zero-order valence-electron chi connectivity index (χ0n) is 15.7. The van der Waals surface area contributed by atoms with Crippen LogP contribution in [0.2, 0.25) is 0 Å². The molecule has 1 amide bonds. The smallest absolute Gasteiger partial charge is 0.276 e. The van der Waals surface area contributed by atoms with E-state index in [4.69, 9.17) is 0 Å². The summed E-state index contributed by atoms with van der Waals surface area (Å²) in [5.74, 6) is -0.426. The second kappa shape index (κ2) is 8.01. The zero-order chi connectivity index (χ0) is 20.4. The number of carbonyl (C=O) groups excluding carboxylic acids is 1. The number of aromatic nitrogens is 4. The van der Waals surface area contributed by atoms with Crippen molar-refractivity contribution in [2.75, 3.05) is 18.4 Å². The number of thiazole rings is 1. The van der Waals surface area contributed by atoms with Crippen LogP contribution in [0, 0.1) is 0 Å². The largest absolute Gasteiger partial charge is 0.339 e. The summed E-state index contributed by atoms with van der Waals surface area (Å²) in [4.78, 5) is 25.0. The lowest BCUT2D eigenvalue weighted by molar-refractivity contribution is 0.102. The van der Waals surface area contributed by atoms with Gasteiger partial charge in [0.25, 0.3) is 15.9 Å². The van der Waals surface area contributed by atoms with Gasteiger partial charge in [0.2, 0.25) is 0 Å². The summed E-state index contributed by atoms with van der Waals surface area (Å²) in [5, 5.41) is 5.04. The number of hydrogen-bond acceptors (Lipinski definition) is 7. The molecule has 4 rings (SSSR count). The van der Waals surface area contributed by atoms with Crippen molar-refractivity contribution < 1.29 is 13.2 Å². The van der Waals surface area contributed by atoms with E-state index in [1.807, 2.05) is 6.07 Å². The van der Waals surface area contributed by atoms with Crippen molar-refractivity contribution in [3.63, 3.8) is 0 Å². The van der Waals surface area contributed by atoms with Crippen LogP contribution in [0.1, 0.15) is 34.9 Å². The van der Waals surface area contributed by atoms with Crippen LogP contribution in [0.25, 0.3) is 0 Å². The number of aryl methyl sites for hydroxylation is 1. The molecule has 1 saturated heterocycles. The first-order valence-electron chi connectivity index (χ1n) is 9.09. The van der Waals surface area contributed by atoms with Gasteiger partial charge in [-0.1, -0.05) is 6.07 Å². The van der Waals surface area contributed by atoms with Crippen molar-refractivity contribution >= 4 is 32.4 Å². The lowest BCUT2D eigenvalue weighted by Gasteiger charge is -2.31. The van der Waals surface area contributed by atoms with Gasteiger partial charge in [-0.05, 0) is 25.0 Å². The van der Waals surface area contributed by atoms with Gasteiger partial charge in [-0.15, -0.1) is 11.3 Å². The Kier molecular flexibility index (Phi) is 5.43. The van der Waals surface area contributed by atoms with Crippen LogP contribution in [0.3, 0.4) is 0 Å². The van der Waals surface area contributed by atoms with E-state index < -0.39 is 10.0 Å². The van der Waals surface area contributed by atoms with Crippen molar-refractivity contribution in [3.8, 4) is 0 Å². The maximum absolute atomic E-state index is 12.9. The summed E-state index contributed by atoms with van der Waals surface area (Å²) in [6, 6.07) is 5.24. The van der Waals surface area contributed by atoms with Crippen LogP contribution in [-0.2, 0) is 17.1 Å². The van der Waals surface area contributed by atoms with Gasteiger partial charge in [0, 0.05) is 49.5 Å². The topological polar surface area (TPSA) is 110 Å². The van der Waals surface area contributed by atoms with E-state index in [9.17, 15) is 13.2 Å². The SMILES string of the molecule is Cn1cnc(S(=O)(=O)N2CCC[C@H](c3cccc(C(=O)Nc4nccs4)n3)C2)c1. The number of imidazole rings is 1. The average molecular weight is 433 g/mol. The number of rotatable bonds is 5. The highest BCUT2D eigenvalue weighted by molar-refractivity contribution is 7.89. The minimum Gasteiger partial charge on any atom is -0.339 e. The fraction of sp³-hybridized carbons (Fsp3) is 0.333. The third-order valence-electron chi connectivity index (χ3n) is 4.74. The molecule has 0 saturated carbocycles. The second-order valence-electron chi connectivity index (χ2n) is 6.82. The Bertz CT molecular complexity index is 1110. The predicted molar refractivity (Wildman–Crippen MR) is 108 cm³/mol. The standard InChI is InChI=1S/C18H20N6O3S2/c1-23-11-16(20-12-23)29(26,27)24-8-3-4-13(10-24)14-5-2-6-15(21-14)17(25)22-18-19-7-9-28-18/h2,5-7,9,11-13H,3-4,8,10H2,1H3,(H,19,22,25)/t13-/m0/s1. The molecular formula is C18H20N6O3S2. The summed E-state index contributed by atoms with van der Waals surface area (Å²) in [6.07, 6.45) is 6.11. The molecule has 3 aromatic rings. The molecule has 0 bridgehead atoms. The molecule has 11 heteroatoms. The van der Waals surface area contributed by atoms with Crippen LogP contribution >= 0.6 is 11.3 Å². The number of anilines is 1. The van der Waals surface area contributed by atoms with Gasteiger partial charge < -0.3 is 4.57 Å². The number of hydrogen-bond donors (Lipinski definition) is 1. The Morgan fingerprint density at radius 1 is 1.31 bits per heavy atom. The van der Waals surface area contributed by atoms with Gasteiger partial charge in [-0.3, -0.25) is 10.1 Å². The van der Waals surface area contributed by atoms with E-state index in [2.05, 4.69) is 20.3 Å². The van der Waals surface area contributed by atoms with Crippen LogP contribution in [-0.4, -0.2) is 51.2 Å². The molecule has 29 heavy (non-hydrogen) atoms. The number of piperidine rings is 1. The van der Waals surface area contributed by atoms with E-state index >= 15 is 0 Å². The average Bonchev–Trinajstić information content (AvgIpc) is 3.40. The minimum atomic E-state index is -3.66. The number of amides is 1. The summed E-state index contributed by atoms with van der Waals surface area (Å²) < 4.78 is 28.8. The molecule has 152 valence electrons. The molecule has 1 N–H and O–H groups in total. The van der Waals surface area contributed by atoms with E-state index in [1.54, 1.807) is 35.3 Å². The first-order valence-corrected chi connectivity index (χ1v) is 11.4. The molecule has 9 nitrogen and oxygen atoms in total. The van der Waals surface area contributed by atoms with Gasteiger partial charge in [-0.25, -0.2) is 23.4 Å². The Morgan fingerprint density at radius 3 is 2.90 bits per heavy atom. The molecule has 3 aromatic heterocycles. The number of nitrogens with one attached hydrogen (secondary N) is 1. The first-order chi connectivity index (χ1) is 13.9. The van der Waals surface area contributed by atoms with Gasteiger partial charge in [0.05, 0.1) is 6.33 Å². The Labute approximate surface area is 172 Å². The Balaban J connectivity index is 1.52. The normalized spacial score (nSPS) is 17.9. The molecule has 0 unspecified atom stereocenters. The summed E-state index contributed by atoms with van der Waals surface area (Å²) >= 11 is 1.33. The summed E-state index contributed by atoms with van der Waals surface area (Å²) in [5.41, 5.74) is 0.986. The highest BCUT2D eigenvalue weighted by Gasteiger charge is 2.33. The first kappa shape index (κ1) is 19.7. The molecule has 1 aliphatic heterocycles. The zero-order valence-corrected chi connectivity index (χ0v) is 17.4. The summed E-state index contributed by atoms with van der Waals surface area (Å²) in [7, 11) is -1.92. The molecule has 1 aliphatic rings. The molecule has 0 spiro atoms. The summed E-state index contributed by atoms with van der Waals surface area (Å²) in [6.45, 7) is 0.753. The van der Waals surface area contributed by atoms with Gasteiger partial charge in [0.1, 0.15) is 5.69 Å². The Morgan fingerprint density at radius 2 is 2.17 bits per heavy atom. The molecular weight excluding hydrogens is 412 g/mol. The molecule has 0 radical (unpaired) electrons. The third-order valence-corrected chi connectivity index (χ3v) is 7.18.